The number of likely N-dealkylation sites (tertiary alicyclic amines) is 1. The third-order valence-electron chi connectivity index (χ3n) is 8.56. The van der Waals surface area contributed by atoms with Crippen molar-refractivity contribution in [2.75, 3.05) is 19.6 Å². The minimum atomic E-state index is -3.78. The molecule has 1 atom stereocenters. The molecule has 0 amide bonds. The summed E-state index contributed by atoms with van der Waals surface area (Å²) in [6.45, 7) is 4.77. The van der Waals surface area contributed by atoms with Gasteiger partial charge in [-0.2, -0.15) is 8.42 Å². The Bertz CT molecular complexity index is 1510. The Morgan fingerprint density at radius 2 is 1.40 bits per heavy atom. The first-order valence-electron chi connectivity index (χ1n) is 15.8. The molecule has 0 aliphatic carbocycles. The lowest BCUT2D eigenvalue weighted by Crippen LogP contribution is -2.35. The fourth-order valence-electron chi connectivity index (χ4n) is 6.23. The molecule has 0 radical (unpaired) electrons. The van der Waals surface area contributed by atoms with Gasteiger partial charge in [-0.25, -0.2) is 0 Å². The number of fused-ring (bicyclic) bond motifs is 1. The van der Waals surface area contributed by atoms with Crippen LogP contribution in [0, 0.1) is 5.92 Å². The molecule has 1 unspecified atom stereocenters. The lowest BCUT2D eigenvalue weighted by atomic mass is 9.76. The molecule has 0 saturated carbocycles. The van der Waals surface area contributed by atoms with Crippen LogP contribution >= 0.6 is 0 Å². The molecular weight excluding hydrogens is 552 g/mol. The van der Waals surface area contributed by atoms with Gasteiger partial charge in [-0.05, 0) is 72.6 Å². The van der Waals surface area contributed by atoms with E-state index in [9.17, 15) is 8.42 Å². The second-order valence-corrected chi connectivity index (χ2v) is 13.3. The summed E-state index contributed by atoms with van der Waals surface area (Å²) < 4.78 is 31.0. The zero-order valence-corrected chi connectivity index (χ0v) is 26.0. The molecule has 0 aromatic heterocycles. The smallest absolute Gasteiger partial charge is 0.297 e. The standard InChI is InChI=1S/C37H44N2O3S/c1-30(42-43(40,41)36-22-21-31-15-11-12-20-35(31)28-36)14-6-2-3-13-25-38-29-39-26-23-34(24-27-39)37(32-16-7-4-8-17-32)33-18-9-5-10-19-33/h4-5,7-12,15-22,28-30,34,37H,2-3,6,13-14,23-27H2,1H3. The van der Waals surface area contributed by atoms with Gasteiger partial charge < -0.3 is 4.90 Å². The molecule has 4 aromatic rings. The number of hydrogen-bond acceptors (Lipinski definition) is 4. The van der Waals surface area contributed by atoms with Crippen LogP contribution in [0.25, 0.3) is 10.8 Å². The van der Waals surface area contributed by atoms with E-state index in [4.69, 9.17) is 9.18 Å². The number of hydrogen-bond donors (Lipinski definition) is 0. The SMILES string of the molecule is CC(CCCCCCN=CN1CCC(C(c2ccccc2)c2ccccc2)CC1)OS(=O)(=O)c1ccc2ccccc2c1. The van der Waals surface area contributed by atoms with E-state index >= 15 is 0 Å². The molecule has 1 heterocycles. The molecule has 1 aliphatic rings. The topological polar surface area (TPSA) is 59.0 Å². The lowest BCUT2D eigenvalue weighted by Gasteiger charge is -2.36. The van der Waals surface area contributed by atoms with E-state index in [2.05, 4.69) is 71.9 Å². The summed E-state index contributed by atoms with van der Waals surface area (Å²) in [4.78, 5) is 7.30. The Morgan fingerprint density at radius 3 is 2.07 bits per heavy atom. The molecule has 6 heteroatoms. The molecule has 1 fully saturated rings. The summed E-state index contributed by atoms with van der Waals surface area (Å²) in [6.07, 6.45) is 8.87. The molecular formula is C37H44N2O3S. The average molecular weight is 597 g/mol. The minimum Gasteiger partial charge on any atom is -0.363 e. The number of aliphatic imine (C=N–C) groups is 1. The second-order valence-electron chi connectivity index (χ2n) is 11.8. The zero-order chi connectivity index (χ0) is 29.9. The van der Waals surface area contributed by atoms with Crippen LogP contribution < -0.4 is 0 Å². The van der Waals surface area contributed by atoms with Gasteiger partial charge in [-0.1, -0.05) is 110 Å². The van der Waals surface area contributed by atoms with Gasteiger partial charge in [0.1, 0.15) is 0 Å². The highest BCUT2D eigenvalue weighted by Crippen LogP contribution is 2.37. The maximum absolute atomic E-state index is 12.8. The summed E-state index contributed by atoms with van der Waals surface area (Å²) in [5, 5.41) is 1.91. The number of unbranched alkanes of at least 4 members (excludes halogenated alkanes) is 3. The van der Waals surface area contributed by atoms with Gasteiger partial charge in [-0.15, -0.1) is 0 Å². The molecule has 0 N–H and O–H groups in total. The van der Waals surface area contributed by atoms with E-state index < -0.39 is 10.1 Å². The maximum Gasteiger partial charge on any atom is 0.297 e. The van der Waals surface area contributed by atoms with Crippen LogP contribution in [0.2, 0.25) is 0 Å². The first-order valence-corrected chi connectivity index (χ1v) is 17.2. The summed E-state index contributed by atoms with van der Waals surface area (Å²) in [7, 11) is -3.78. The van der Waals surface area contributed by atoms with Crippen LogP contribution in [0.15, 0.2) is 113 Å². The van der Waals surface area contributed by atoms with E-state index in [1.807, 2.05) is 37.3 Å². The normalized spacial score (nSPS) is 15.4. The zero-order valence-electron chi connectivity index (χ0n) is 25.2. The monoisotopic (exact) mass is 596 g/mol. The number of piperidine rings is 1. The van der Waals surface area contributed by atoms with Crippen molar-refractivity contribution >= 4 is 27.2 Å². The minimum absolute atomic E-state index is 0.215. The van der Waals surface area contributed by atoms with Crippen LogP contribution in [0.1, 0.15) is 68.9 Å². The molecule has 4 aromatic carbocycles. The average Bonchev–Trinajstić information content (AvgIpc) is 3.04. The molecule has 1 aliphatic heterocycles. The third-order valence-corrected chi connectivity index (χ3v) is 9.97. The van der Waals surface area contributed by atoms with Crippen molar-refractivity contribution in [2.45, 2.75) is 68.8 Å². The molecule has 1 saturated heterocycles. The number of benzene rings is 4. The van der Waals surface area contributed by atoms with Crippen LogP contribution in [0.3, 0.4) is 0 Å². The maximum atomic E-state index is 12.8. The highest BCUT2D eigenvalue weighted by molar-refractivity contribution is 7.86. The predicted molar refractivity (Wildman–Crippen MR) is 177 cm³/mol. The summed E-state index contributed by atoms with van der Waals surface area (Å²) in [5.74, 6) is 1.07. The molecule has 0 bridgehead atoms. The molecule has 0 spiro atoms. The van der Waals surface area contributed by atoms with Crippen molar-refractivity contribution in [3.05, 3.63) is 114 Å². The van der Waals surface area contributed by atoms with Crippen molar-refractivity contribution in [2.24, 2.45) is 10.9 Å². The van der Waals surface area contributed by atoms with Crippen LogP contribution in [-0.2, 0) is 14.3 Å². The highest BCUT2D eigenvalue weighted by Gasteiger charge is 2.28. The van der Waals surface area contributed by atoms with Crippen molar-refractivity contribution in [1.29, 1.82) is 0 Å². The van der Waals surface area contributed by atoms with E-state index in [1.54, 1.807) is 12.1 Å². The fourth-order valence-corrected chi connectivity index (χ4v) is 7.38. The van der Waals surface area contributed by atoms with Gasteiger partial charge in [0.2, 0.25) is 0 Å². The Kier molecular flexibility index (Phi) is 11.0. The van der Waals surface area contributed by atoms with Gasteiger partial charge in [0.15, 0.2) is 0 Å². The van der Waals surface area contributed by atoms with Crippen molar-refractivity contribution in [1.82, 2.24) is 4.90 Å². The van der Waals surface area contributed by atoms with Gasteiger partial charge in [0.05, 0.1) is 17.3 Å². The van der Waals surface area contributed by atoms with Crippen LogP contribution in [0.5, 0.6) is 0 Å². The van der Waals surface area contributed by atoms with E-state index in [1.165, 1.54) is 11.1 Å². The van der Waals surface area contributed by atoms with E-state index in [0.29, 0.717) is 11.8 Å². The van der Waals surface area contributed by atoms with Gasteiger partial charge in [0.25, 0.3) is 10.1 Å². The summed E-state index contributed by atoms with van der Waals surface area (Å²) in [6, 6.07) is 34.8. The quantitative estimate of drug-likeness (QED) is 0.0634. The van der Waals surface area contributed by atoms with E-state index in [0.717, 1.165) is 75.4 Å². The molecule has 5 rings (SSSR count). The third kappa shape index (κ3) is 8.77. The summed E-state index contributed by atoms with van der Waals surface area (Å²) >= 11 is 0. The highest BCUT2D eigenvalue weighted by atomic mass is 32.2. The van der Waals surface area contributed by atoms with E-state index in [-0.39, 0.29) is 11.0 Å². The Hall–Kier alpha value is -3.48. The van der Waals surface area contributed by atoms with Crippen LogP contribution in [-0.4, -0.2) is 45.4 Å². The number of rotatable bonds is 14. The predicted octanol–water partition coefficient (Wildman–Crippen LogP) is 8.46. The lowest BCUT2D eigenvalue weighted by molar-refractivity contribution is 0.213. The van der Waals surface area contributed by atoms with Gasteiger partial charge in [0, 0.05) is 25.6 Å². The Labute approximate surface area is 257 Å². The van der Waals surface area contributed by atoms with Gasteiger partial charge in [-0.3, -0.25) is 9.18 Å². The molecule has 43 heavy (non-hydrogen) atoms. The van der Waals surface area contributed by atoms with Crippen molar-refractivity contribution in [3.8, 4) is 0 Å². The first-order chi connectivity index (χ1) is 21.0. The number of nitrogens with zero attached hydrogens (tertiary/aromatic N) is 2. The van der Waals surface area contributed by atoms with Crippen LogP contribution in [0.4, 0.5) is 0 Å². The molecule has 226 valence electrons. The fraction of sp³-hybridized carbons (Fsp3) is 0.378. The summed E-state index contributed by atoms with van der Waals surface area (Å²) in [5.41, 5.74) is 2.82. The molecule has 5 nitrogen and oxygen atoms in total. The largest absolute Gasteiger partial charge is 0.363 e. The van der Waals surface area contributed by atoms with Gasteiger partial charge >= 0.3 is 0 Å². The van der Waals surface area contributed by atoms with Crippen molar-refractivity contribution < 1.29 is 12.6 Å². The second kappa shape index (κ2) is 15.3. The Balaban J connectivity index is 0.979. The Morgan fingerprint density at radius 1 is 0.791 bits per heavy atom. The first kappa shape index (κ1) is 31.0. The van der Waals surface area contributed by atoms with Crippen molar-refractivity contribution in [3.63, 3.8) is 0 Å².